The van der Waals surface area contributed by atoms with E-state index >= 15 is 0 Å². The number of aromatic nitrogens is 2. The van der Waals surface area contributed by atoms with Crippen molar-refractivity contribution in [3.05, 3.63) is 42.2 Å². The maximum Gasteiger partial charge on any atom is 0.165 e. The number of para-hydroxylation sites is 1. The van der Waals surface area contributed by atoms with Crippen LogP contribution < -0.4 is 9.47 Å². The van der Waals surface area contributed by atoms with Gasteiger partial charge in [0.15, 0.2) is 11.5 Å². The van der Waals surface area contributed by atoms with E-state index in [1.54, 1.807) is 6.20 Å². The molecule has 1 saturated heterocycles. The Morgan fingerprint density at radius 3 is 3.00 bits per heavy atom. The van der Waals surface area contributed by atoms with Crippen LogP contribution in [-0.4, -0.2) is 53.7 Å². The molecule has 6 nitrogen and oxygen atoms in total. The number of nitrogens with zero attached hydrogens (tertiary/aromatic N) is 3. The third-order valence-electron chi connectivity index (χ3n) is 4.21. The smallest absolute Gasteiger partial charge is 0.165 e. The molecule has 122 valence electrons. The average Bonchev–Trinajstić information content (AvgIpc) is 3.09. The molecule has 0 radical (unpaired) electrons. The zero-order valence-corrected chi connectivity index (χ0v) is 13.1. The van der Waals surface area contributed by atoms with Crippen molar-refractivity contribution in [3.63, 3.8) is 0 Å². The van der Waals surface area contributed by atoms with Crippen molar-refractivity contribution in [2.75, 3.05) is 32.9 Å². The third-order valence-corrected chi connectivity index (χ3v) is 4.21. The molecule has 4 rings (SSSR count). The Labute approximate surface area is 135 Å². The van der Waals surface area contributed by atoms with Crippen LogP contribution in [0.1, 0.15) is 5.56 Å². The van der Waals surface area contributed by atoms with E-state index in [-0.39, 0.29) is 6.10 Å². The Morgan fingerprint density at radius 2 is 2.09 bits per heavy atom. The second kappa shape index (κ2) is 6.60. The van der Waals surface area contributed by atoms with Crippen molar-refractivity contribution >= 4 is 0 Å². The molecule has 0 saturated carbocycles. The Kier molecular flexibility index (Phi) is 4.17. The number of ether oxygens (including phenoxy) is 3. The molecule has 1 fully saturated rings. The van der Waals surface area contributed by atoms with Crippen LogP contribution in [0.4, 0.5) is 0 Å². The first-order chi connectivity index (χ1) is 11.4. The fraction of sp³-hybridized carbons (Fsp3) is 0.471. The van der Waals surface area contributed by atoms with Crippen LogP contribution in [-0.2, 0) is 17.8 Å². The van der Waals surface area contributed by atoms with Gasteiger partial charge in [0.1, 0.15) is 13.2 Å². The van der Waals surface area contributed by atoms with E-state index in [1.807, 2.05) is 29.1 Å². The van der Waals surface area contributed by atoms with Gasteiger partial charge in [-0.15, -0.1) is 0 Å². The van der Waals surface area contributed by atoms with Crippen LogP contribution in [0.5, 0.6) is 11.5 Å². The summed E-state index contributed by atoms with van der Waals surface area (Å²) >= 11 is 0. The highest BCUT2D eigenvalue weighted by molar-refractivity contribution is 5.47. The van der Waals surface area contributed by atoms with E-state index in [1.165, 1.54) is 5.56 Å². The normalized spacial score (nSPS) is 21.3. The number of fused-ring (bicyclic) bond motifs is 1. The van der Waals surface area contributed by atoms with E-state index in [0.29, 0.717) is 13.2 Å². The first-order valence-corrected chi connectivity index (χ1v) is 8.07. The highest BCUT2D eigenvalue weighted by Crippen LogP contribution is 2.34. The van der Waals surface area contributed by atoms with Crippen LogP contribution in [0.25, 0.3) is 0 Å². The monoisotopic (exact) mass is 315 g/mol. The summed E-state index contributed by atoms with van der Waals surface area (Å²) in [7, 11) is 0. The van der Waals surface area contributed by atoms with Gasteiger partial charge in [0.05, 0.1) is 19.3 Å². The van der Waals surface area contributed by atoms with Crippen molar-refractivity contribution in [3.8, 4) is 11.5 Å². The molecular formula is C17H21N3O3. The van der Waals surface area contributed by atoms with Gasteiger partial charge in [-0.25, -0.2) is 0 Å². The van der Waals surface area contributed by atoms with Gasteiger partial charge in [-0.1, -0.05) is 12.1 Å². The lowest BCUT2D eigenvalue weighted by Crippen LogP contribution is -2.43. The summed E-state index contributed by atoms with van der Waals surface area (Å²) < 4.78 is 19.3. The molecule has 3 heterocycles. The quantitative estimate of drug-likeness (QED) is 0.857. The van der Waals surface area contributed by atoms with Gasteiger partial charge in [-0.3, -0.25) is 9.58 Å². The first-order valence-electron chi connectivity index (χ1n) is 8.07. The fourth-order valence-corrected chi connectivity index (χ4v) is 3.15. The standard InChI is InChI=1S/C17H21N3O3/c1-3-14(17-16(4-1)22-9-10-23-17)11-19-7-8-21-15(12-19)13-20-6-2-5-18-20/h1-6,15H,7-13H2. The molecule has 2 aromatic rings. The number of rotatable bonds is 4. The Bertz CT molecular complexity index is 645. The number of hydrogen-bond acceptors (Lipinski definition) is 5. The highest BCUT2D eigenvalue weighted by atomic mass is 16.6. The van der Waals surface area contributed by atoms with Crippen LogP contribution >= 0.6 is 0 Å². The SMILES string of the molecule is c1cc(CN2CCOC(Cn3cccn3)C2)c2c(c1)OCCO2. The van der Waals surface area contributed by atoms with E-state index in [2.05, 4.69) is 16.1 Å². The summed E-state index contributed by atoms with van der Waals surface area (Å²) in [5, 5.41) is 4.26. The van der Waals surface area contributed by atoms with Gasteiger partial charge >= 0.3 is 0 Å². The summed E-state index contributed by atoms with van der Waals surface area (Å²) in [4.78, 5) is 2.41. The maximum atomic E-state index is 5.87. The first kappa shape index (κ1) is 14.5. The minimum atomic E-state index is 0.167. The lowest BCUT2D eigenvalue weighted by atomic mass is 10.1. The molecule has 2 aliphatic heterocycles. The van der Waals surface area contributed by atoms with E-state index < -0.39 is 0 Å². The lowest BCUT2D eigenvalue weighted by Gasteiger charge is -2.33. The summed E-state index contributed by atoms with van der Waals surface area (Å²) in [6.07, 6.45) is 3.94. The molecule has 23 heavy (non-hydrogen) atoms. The predicted molar refractivity (Wildman–Crippen MR) is 84.7 cm³/mol. The number of morpholine rings is 1. The molecule has 0 amide bonds. The van der Waals surface area contributed by atoms with Crippen molar-refractivity contribution < 1.29 is 14.2 Å². The molecular weight excluding hydrogens is 294 g/mol. The molecule has 0 bridgehead atoms. The molecule has 0 spiro atoms. The Morgan fingerprint density at radius 1 is 1.13 bits per heavy atom. The fourth-order valence-electron chi connectivity index (χ4n) is 3.15. The van der Waals surface area contributed by atoms with Gasteiger partial charge in [0, 0.05) is 37.6 Å². The third kappa shape index (κ3) is 3.33. The Balaban J connectivity index is 1.42. The van der Waals surface area contributed by atoms with Gasteiger partial charge < -0.3 is 14.2 Å². The maximum absolute atomic E-state index is 5.87. The minimum absolute atomic E-state index is 0.167. The predicted octanol–water partition coefficient (Wildman–Crippen LogP) is 1.56. The molecule has 2 aliphatic rings. The topological polar surface area (TPSA) is 48.8 Å². The lowest BCUT2D eigenvalue weighted by molar-refractivity contribution is -0.0405. The number of benzene rings is 1. The van der Waals surface area contributed by atoms with Crippen LogP contribution in [0.3, 0.4) is 0 Å². The second-order valence-electron chi connectivity index (χ2n) is 5.90. The zero-order valence-electron chi connectivity index (χ0n) is 13.1. The summed E-state index contributed by atoms with van der Waals surface area (Å²) in [5.41, 5.74) is 1.18. The van der Waals surface area contributed by atoms with Gasteiger partial charge in [0.2, 0.25) is 0 Å². The van der Waals surface area contributed by atoms with Gasteiger partial charge in [0.25, 0.3) is 0 Å². The summed E-state index contributed by atoms with van der Waals surface area (Å²) in [5.74, 6) is 1.75. The molecule has 0 N–H and O–H groups in total. The number of hydrogen-bond donors (Lipinski definition) is 0. The Hall–Kier alpha value is -2.05. The van der Waals surface area contributed by atoms with Crippen molar-refractivity contribution in [2.45, 2.75) is 19.2 Å². The largest absolute Gasteiger partial charge is 0.486 e. The minimum Gasteiger partial charge on any atom is -0.486 e. The molecule has 1 aromatic carbocycles. The molecule has 6 heteroatoms. The van der Waals surface area contributed by atoms with Gasteiger partial charge in [-0.05, 0) is 12.1 Å². The summed E-state index contributed by atoms with van der Waals surface area (Å²) in [6.45, 7) is 5.46. The molecule has 1 unspecified atom stereocenters. The molecule has 1 atom stereocenters. The van der Waals surface area contributed by atoms with Gasteiger partial charge in [-0.2, -0.15) is 5.10 Å². The molecule has 0 aliphatic carbocycles. The van der Waals surface area contributed by atoms with Crippen molar-refractivity contribution in [1.82, 2.24) is 14.7 Å². The van der Waals surface area contributed by atoms with Crippen LogP contribution in [0.2, 0.25) is 0 Å². The van der Waals surface area contributed by atoms with Crippen molar-refractivity contribution in [2.24, 2.45) is 0 Å². The van der Waals surface area contributed by atoms with Crippen LogP contribution in [0, 0.1) is 0 Å². The van der Waals surface area contributed by atoms with E-state index in [0.717, 1.165) is 44.3 Å². The van der Waals surface area contributed by atoms with E-state index in [9.17, 15) is 0 Å². The average molecular weight is 315 g/mol. The summed E-state index contributed by atoms with van der Waals surface area (Å²) in [6, 6.07) is 8.06. The second-order valence-corrected chi connectivity index (χ2v) is 5.90. The van der Waals surface area contributed by atoms with E-state index in [4.69, 9.17) is 14.2 Å². The zero-order chi connectivity index (χ0) is 15.5. The molecule has 1 aromatic heterocycles. The van der Waals surface area contributed by atoms with Crippen LogP contribution in [0.15, 0.2) is 36.7 Å². The highest BCUT2D eigenvalue weighted by Gasteiger charge is 2.23. The van der Waals surface area contributed by atoms with Crippen molar-refractivity contribution in [1.29, 1.82) is 0 Å².